The Balaban J connectivity index is 1.88. The van der Waals surface area contributed by atoms with E-state index in [-0.39, 0.29) is 17.4 Å². The Morgan fingerprint density at radius 3 is 2.57 bits per heavy atom. The van der Waals surface area contributed by atoms with E-state index < -0.39 is 17.5 Å². The predicted molar refractivity (Wildman–Crippen MR) is 128 cm³/mol. The fraction of sp³-hybridized carbons (Fsp3) is 0.160. The van der Waals surface area contributed by atoms with Gasteiger partial charge in [-0.1, -0.05) is 53.7 Å². The third-order valence-corrected chi connectivity index (χ3v) is 5.53. The summed E-state index contributed by atoms with van der Waals surface area (Å²) in [7, 11) is 4.60. The van der Waals surface area contributed by atoms with Crippen molar-refractivity contribution in [2.75, 3.05) is 24.4 Å². The minimum Gasteiger partial charge on any atom is -0.489 e. The second-order valence-corrected chi connectivity index (χ2v) is 7.65. The molecular formula is C25H22N6O4. The van der Waals surface area contributed by atoms with Crippen LogP contribution in [0.15, 0.2) is 76.4 Å². The number of ether oxygens (including phenoxy) is 1. The van der Waals surface area contributed by atoms with Gasteiger partial charge in [-0.3, -0.25) is 14.2 Å². The molecule has 4 rings (SSSR count). The van der Waals surface area contributed by atoms with Gasteiger partial charge in [-0.05, 0) is 17.2 Å². The van der Waals surface area contributed by atoms with Gasteiger partial charge in [0, 0.05) is 14.1 Å². The summed E-state index contributed by atoms with van der Waals surface area (Å²) in [6, 6.07) is 18.5. The molecule has 2 aromatic heterocycles. The number of hydrogen-bond acceptors (Lipinski definition) is 8. The summed E-state index contributed by atoms with van der Waals surface area (Å²) >= 11 is 0. The fourth-order valence-electron chi connectivity index (χ4n) is 3.88. The van der Waals surface area contributed by atoms with Crippen LogP contribution in [0.1, 0.15) is 33.2 Å². The summed E-state index contributed by atoms with van der Waals surface area (Å²) in [6.07, 6.45) is 2.57. The Bertz CT molecular complexity index is 1440. The summed E-state index contributed by atoms with van der Waals surface area (Å²) in [5.41, 5.74) is 1.65. The van der Waals surface area contributed by atoms with Crippen molar-refractivity contribution in [2.24, 2.45) is 7.05 Å². The molecule has 10 heteroatoms. The van der Waals surface area contributed by atoms with Crippen molar-refractivity contribution in [3.05, 3.63) is 99.8 Å². The van der Waals surface area contributed by atoms with E-state index in [1.54, 1.807) is 31.1 Å². The smallest absolute Gasteiger partial charge is 0.297 e. The summed E-state index contributed by atoms with van der Waals surface area (Å²) in [6.45, 7) is 0. The number of nitrogens with one attached hydrogen (secondary N) is 1. The van der Waals surface area contributed by atoms with E-state index in [0.29, 0.717) is 11.3 Å². The predicted octanol–water partition coefficient (Wildman–Crippen LogP) is 3.13. The van der Waals surface area contributed by atoms with E-state index in [9.17, 15) is 14.9 Å². The van der Waals surface area contributed by atoms with Crippen molar-refractivity contribution in [1.82, 2.24) is 14.7 Å². The summed E-state index contributed by atoms with van der Waals surface area (Å²) in [5, 5.41) is 15.9. The number of aromatic nitrogens is 3. The van der Waals surface area contributed by atoms with Gasteiger partial charge in [-0.25, -0.2) is 4.98 Å². The molecule has 4 aromatic rings. The van der Waals surface area contributed by atoms with E-state index in [4.69, 9.17) is 9.26 Å². The molecule has 0 fully saturated rings. The zero-order valence-corrected chi connectivity index (χ0v) is 19.3. The lowest BCUT2D eigenvalue weighted by molar-refractivity contribution is 0.101. The minimum absolute atomic E-state index is 0.195. The number of anilines is 2. The number of benzene rings is 2. The molecule has 0 spiro atoms. The molecule has 176 valence electrons. The maximum atomic E-state index is 13.2. The lowest BCUT2D eigenvalue weighted by Gasteiger charge is -2.31. The highest BCUT2D eigenvalue weighted by Crippen LogP contribution is 2.33. The second kappa shape index (κ2) is 9.93. The number of nitriles is 1. The summed E-state index contributed by atoms with van der Waals surface area (Å²) < 4.78 is 11.3. The number of carbonyl (C=O) groups excluding carboxylic acids is 1. The lowest BCUT2D eigenvalue weighted by atomic mass is 9.94. The highest BCUT2D eigenvalue weighted by atomic mass is 16.5. The van der Waals surface area contributed by atoms with Crippen LogP contribution in [0, 0.1) is 11.3 Å². The number of methoxy groups -OCH3 is 1. The van der Waals surface area contributed by atoms with Gasteiger partial charge in [0.25, 0.3) is 11.5 Å². The Morgan fingerprint density at radius 1 is 1.20 bits per heavy atom. The minimum atomic E-state index is -0.661. The van der Waals surface area contributed by atoms with Crippen LogP contribution >= 0.6 is 0 Å². The molecule has 0 radical (unpaired) electrons. The first-order valence-electron chi connectivity index (χ1n) is 10.6. The molecule has 0 saturated heterocycles. The molecular weight excluding hydrogens is 448 g/mol. The van der Waals surface area contributed by atoms with Crippen LogP contribution in [0.3, 0.4) is 0 Å². The van der Waals surface area contributed by atoms with Crippen LogP contribution in [0.5, 0.6) is 5.75 Å². The Hall–Kier alpha value is -4.91. The lowest BCUT2D eigenvalue weighted by Crippen LogP contribution is -2.35. The Kier molecular flexibility index (Phi) is 6.59. The molecule has 1 amide bonds. The van der Waals surface area contributed by atoms with Crippen molar-refractivity contribution >= 4 is 17.5 Å². The van der Waals surface area contributed by atoms with Gasteiger partial charge in [0.2, 0.25) is 11.7 Å². The monoisotopic (exact) mass is 470 g/mol. The number of amides is 1. The highest BCUT2D eigenvalue weighted by Gasteiger charge is 2.28. The van der Waals surface area contributed by atoms with Crippen molar-refractivity contribution in [2.45, 2.75) is 6.04 Å². The van der Waals surface area contributed by atoms with Gasteiger partial charge in [0.15, 0.2) is 5.69 Å². The van der Waals surface area contributed by atoms with Crippen LogP contribution in [-0.4, -0.2) is 34.8 Å². The van der Waals surface area contributed by atoms with Gasteiger partial charge >= 0.3 is 0 Å². The molecule has 0 aliphatic heterocycles. The standard InChI is InChI=1S/C25H22N6O4/c1-30(21(16-9-5-4-6-10-16)19-12-8-7-11-17(19)13-26)25-29-20(22(34-3)24(33)31(25)2)23(32)28-18-14-27-35-15-18/h4-12,14-15,21H,1-3H3,(H,28,32). The van der Waals surface area contributed by atoms with E-state index in [0.717, 1.165) is 11.1 Å². The fourth-order valence-corrected chi connectivity index (χ4v) is 3.88. The topological polar surface area (TPSA) is 126 Å². The van der Waals surface area contributed by atoms with Crippen LogP contribution in [0.4, 0.5) is 11.6 Å². The number of hydrogen-bond donors (Lipinski definition) is 1. The van der Waals surface area contributed by atoms with E-state index in [1.165, 1.54) is 24.1 Å². The number of rotatable bonds is 7. The Labute approximate surface area is 201 Å². The molecule has 1 N–H and O–H groups in total. The van der Waals surface area contributed by atoms with Crippen molar-refractivity contribution in [1.29, 1.82) is 5.26 Å². The first-order chi connectivity index (χ1) is 17.0. The first kappa shape index (κ1) is 23.3. The van der Waals surface area contributed by atoms with Crippen molar-refractivity contribution in [3.63, 3.8) is 0 Å². The summed E-state index contributed by atoms with van der Waals surface area (Å²) in [5.74, 6) is -0.661. The zero-order chi connectivity index (χ0) is 24.9. The van der Waals surface area contributed by atoms with Crippen LogP contribution in [-0.2, 0) is 7.05 Å². The molecule has 0 aliphatic carbocycles. The average Bonchev–Trinajstić information content (AvgIpc) is 3.39. The SMILES string of the molecule is COc1c(C(=O)Nc2cnoc2)nc(N(C)C(c2ccccc2)c2ccccc2C#N)n(C)c1=O. The molecule has 1 unspecified atom stereocenters. The van der Waals surface area contributed by atoms with Gasteiger partial charge in [0.1, 0.15) is 12.0 Å². The highest BCUT2D eigenvalue weighted by molar-refractivity contribution is 6.04. The van der Waals surface area contributed by atoms with E-state index >= 15 is 0 Å². The van der Waals surface area contributed by atoms with Crippen LogP contribution in [0.25, 0.3) is 0 Å². The molecule has 0 saturated carbocycles. The molecule has 1 atom stereocenters. The van der Waals surface area contributed by atoms with Crippen LogP contribution in [0.2, 0.25) is 0 Å². The maximum absolute atomic E-state index is 13.2. The first-order valence-corrected chi connectivity index (χ1v) is 10.6. The van der Waals surface area contributed by atoms with Crippen molar-refractivity contribution in [3.8, 4) is 11.8 Å². The average molecular weight is 470 g/mol. The van der Waals surface area contributed by atoms with E-state index in [2.05, 4.69) is 21.5 Å². The van der Waals surface area contributed by atoms with Gasteiger partial charge in [-0.15, -0.1) is 0 Å². The molecule has 2 heterocycles. The number of carbonyl (C=O) groups is 1. The van der Waals surface area contributed by atoms with E-state index in [1.807, 2.05) is 42.5 Å². The largest absolute Gasteiger partial charge is 0.489 e. The third kappa shape index (κ3) is 4.47. The molecule has 0 aliphatic rings. The third-order valence-electron chi connectivity index (χ3n) is 5.53. The normalized spacial score (nSPS) is 11.4. The quantitative estimate of drug-likeness (QED) is 0.437. The van der Waals surface area contributed by atoms with Gasteiger partial charge < -0.3 is 19.5 Å². The molecule has 2 aromatic carbocycles. The Morgan fingerprint density at radius 2 is 1.91 bits per heavy atom. The van der Waals surface area contributed by atoms with Gasteiger partial charge in [-0.2, -0.15) is 5.26 Å². The van der Waals surface area contributed by atoms with Gasteiger partial charge in [0.05, 0.1) is 31.0 Å². The second-order valence-electron chi connectivity index (χ2n) is 7.65. The summed E-state index contributed by atoms with van der Waals surface area (Å²) in [4.78, 5) is 32.5. The molecule has 10 nitrogen and oxygen atoms in total. The molecule has 0 bridgehead atoms. The molecule has 35 heavy (non-hydrogen) atoms. The number of nitrogens with zero attached hydrogens (tertiary/aromatic N) is 5. The zero-order valence-electron chi connectivity index (χ0n) is 19.3. The van der Waals surface area contributed by atoms with Crippen molar-refractivity contribution < 1.29 is 14.1 Å². The van der Waals surface area contributed by atoms with Crippen LogP contribution < -0.4 is 20.5 Å². The maximum Gasteiger partial charge on any atom is 0.297 e.